The molecule has 0 aromatic heterocycles. The van der Waals surface area contributed by atoms with E-state index in [1.165, 1.54) is 186 Å². The van der Waals surface area contributed by atoms with Crippen LogP contribution in [0.15, 0.2) is 12.2 Å². The summed E-state index contributed by atoms with van der Waals surface area (Å²) in [6, 6.07) is -0.611. The maximum absolute atomic E-state index is 12.8. The summed E-state index contributed by atoms with van der Waals surface area (Å²) in [5, 5.41) is 9.65. The lowest BCUT2D eigenvalue weighted by atomic mass is 10.0. The summed E-state index contributed by atoms with van der Waals surface area (Å²) in [6.45, 7) is 4.77. The van der Waals surface area contributed by atoms with E-state index in [2.05, 4.69) is 26.0 Å². The van der Waals surface area contributed by atoms with E-state index in [0.29, 0.717) is 19.3 Å². The van der Waals surface area contributed by atoms with Crippen LogP contribution in [0, 0.1) is 0 Å². The SMILES string of the molecule is CCCCCC/C=C/CCCCCCCCCC(=O)OCC(COCCC(C(=O)O)[N+](C)(C)C)OC(=O)CCCCCCCCCCCCCCCCCCCCCCCC. The van der Waals surface area contributed by atoms with Crippen LogP contribution in [0.5, 0.6) is 0 Å². The lowest BCUT2D eigenvalue weighted by Gasteiger charge is -2.31. The summed E-state index contributed by atoms with van der Waals surface area (Å²) in [6.07, 6.45) is 49.8. The minimum atomic E-state index is -0.871. The number of esters is 2. The van der Waals surface area contributed by atoms with Crippen molar-refractivity contribution in [3.8, 4) is 0 Å². The van der Waals surface area contributed by atoms with Crippen molar-refractivity contribution in [2.45, 2.75) is 270 Å². The van der Waals surface area contributed by atoms with Gasteiger partial charge in [0.15, 0.2) is 12.1 Å². The monoisotopic (exact) mass is 865 g/mol. The topological polar surface area (TPSA) is 99.1 Å². The largest absolute Gasteiger partial charge is 0.477 e. The minimum Gasteiger partial charge on any atom is -0.477 e. The van der Waals surface area contributed by atoms with E-state index in [1.807, 2.05) is 21.1 Å². The third kappa shape index (κ3) is 43.1. The van der Waals surface area contributed by atoms with Crippen LogP contribution in [-0.4, -0.2) is 80.6 Å². The molecule has 0 bridgehead atoms. The van der Waals surface area contributed by atoms with Crippen LogP contribution in [0.2, 0.25) is 0 Å². The Morgan fingerprint density at radius 2 is 0.820 bits per heavy atom. The molecular weight excluding hydrogens is 763 g/mol. The van der Waals surface area contributed by atoms with Crippen LogP contribution in [0.1, 0.15) is 258 Å². The van der Waals surface area contributed by atoms with Gasteiger partial charge in [-0.2, -0.15) is 0 Å². The van der Waals surface area contributed by atoms with Gasteiger partial charge in [0.1, 0.15) is 6.61 Å². The van der Waals surface area contributed by atoms with Crippen molar-refractivity contribution in [3.63, 3.8) is 0 Å². The highest BCUT2D eigenvalue weighted by Crippen LogP contribution is 2.17. The number of nitrogens with zero attached hydrogens (tertiary/aromatic N) is 1. The molecule has 0 aliphatic heterocycles. The molecule has 0 aromatic carbocycles. The number of allylic oxidation sites excluding steroid dienone is 2. The Hall–Kier alpha value is -1.93. The molecule has 8 nitrogen and oxygen atoms in total. The molecule has 0 fully saturated rings. The van der Waals surface area contributed by atoms with E-state index < -0.39 is 18.1 Å². The van der Waals surface area contributed by atoms with E-state index in [4.69, 9.17) is 14.2 Å². The number of rotatable bonds is 48. The van der Waals surface area contributed by atoms with E-state index in [-0.39, 0.29) is 36.2 Å². The van der Waals surface area contributed by atoms with Gasteiger partial charge in [0.25, 0.3) is 0 Å². The molecule has 2 atom stereocenters. The Morgan fingerprint density at radius 1 is 0.475 bits per heavy atom. The molecule has 0 rings (SSSR count). The fraction of sp³-hybridized carbons (Fsp3) is 0.906. The van der Waals surface area contributed by atoms with Crippen LogP contribution in [0.25, 0.3) is 0 Å². The van der Waals surface area contributed by atoms with Crippen molar-refractivity contribution < 1.29 is 38.2 Å². The predicted octanol–water partition coefficient (Wildman–Crippen LogP) is 15.0. The van der Waals surface area contributed by atoms with Gasteiger partial charge in [-0.15, -0.1) is 0 Å². The molecule has 0 saturated carbocycles. The van der Waals surface area contributed by atoms with Crippen LogP contribution < -0.4 is 0 Å². The maximum Gasteiger partial charge on any atom is 0.362 e. The maximum atomic E-state index is 12.8. The molecule has 0 aromatic rings. The first-order chi connectivity index (χ1) is 29.6. The molecule has 0 radical (unpaired) electrons. The van der Waals surface area contributed by atoms with Gasteiger partial charge in [-0.1, -0.05) is 212 Å². The van der Waals surface area contributed by atoms with Gasteiger partial charge in [0.2, 0.25) is 0 Å². The molecule has 0 aliphatic rings. The first-order valence-electron chi connectivity index (χ1n) is 26.2. The van der Waals surface area contributed by atoms with Gasteiger partial charge in [-0.25, -0.2) is 4.79 Å². The molecule has 61 heavy (non-hydrogen) atoms. The molecule has 1 N–H and O–H groups in total. The highest BCUT2D eigenvalue weighted by Gasteiger charge is 2.31. The number of aliphatic carboxylic acids is 1. The Balaban J connectivity index is 4.17. The van der Waals surface area contributed by atoms with E-state index in [0.717, 1.165) is 38.5 Å². The average Bonchev–Trinajstić information content (AvgIpc) is 3.22. The second kappa shape index (κ2) is 44.7. The van der Waals surface area contributed by atoms with Crippen LogP contribution in [0.4, 0.5) is 0 Å². The number of carbonyl (C=O) groups excluding carboxylic acids is 2. The summed E-state index contributed by atoms with van der Waals surface area (Å²) in [4.78, 5) is 37.1. The smallest absolute Gasteiger partial charge is 0.362 e. The van der Waals surface area contributed by atoms with Crippen molar-refractivity contribution in [2.75, 3.05) is 41.0 Å². The van der Waals surface area contributed by atoms with Gasteiger partial charge in [0, 0.05) is 19.3 Å². The molecule has 0 heterocycles. The number of carboxylic acids is 1. The Bertz CT molecular complexity index is 1010. The summed E-state index contributed by atoms with van der Waals surface area (Å²) >= 11 is 0. The van der Waals surface area contributed by atoms with E-state index in [9.17, 15) is 19.5 Å². The van der Waals surface area contributed by atoms with Gasteiger partial charge in [0.05, 0.1) is 34.4 Å². The van der Waals surface area contributed by atoms with Crippen molar-refractivity contribution >= 4 is 17.9 Å². The third-order valence-electron chi connectivity index (χ3n) is 12.2. The van der Waals surface area contributed by atoms with E-state index >= 15 is 0 Å². The number of hydrogen-bond donors (Lipinski definition) is 1. The highest BCUT2D eigenvalue weighted by molar-refractivity contribution is 5.72. The fourth-order valence-electron chi connectivity index (χ4n) is 8.09. The van der Waals surface area contributed by atoms with Crippen molar-refractivity contribution in [3.05, 3.63) is 12.2 Å². The number of quaternary nitrogens is 1. The number of carboxylic acid groups (broad SMARTS) is 1. The number of hydrogen-bond acceptors (Lipinski definition) is 6. The van der Waals surface area contributed by atoms with E-state index in [1.54, 1.807) is 0 Å². The first kappa shape index (κ1) is 59.1. The van der Waals surface area contributed by atoms with Crippen LogP contribution in [-0.2, 0) is 28.6 Å². The highest BCUT2D eigenvalue weighted by atomic mass is 16.6. The molecule has 0 spiro atoms. The quantitative estimate of drug-likeness (QED) is 0.0281. The summed E-state index contributed by atoms with van der Waals surface area (Å²) in [7, 11) is 5.55. The molecule has 0 amide bonds. The fourth-order valence-corrected chi connectivity index (χ4v) is 8.09. The average molecular weight is 865 g/mol. The molecular formula is C53H102NO7+. The lowest BCUT2D eigenvalue weighted by Crippen LogP contribution is -2.50. The number of likely N-dealkylation sites (N-methyl/N-ethyl adjacent to an activating group) is 1. The zero-order valence-corrected chi connectivity index (χ0v) is 41.1. The predicted molar refractivity (Wildman–Crippen MR) is 257 cm³/mol. The second-order valence-electron chi connectivity index (χ2n) is 19.1. The Labute approximate surface area is 378 Å². The summed E-state index contributed by atoms with van der Waals surface area (Å²) < 4.78 is 17.4. The molecule has 360 valence electrons. The van der Waals surface area contributed by atoms with Crippen LogP contribution in [0.3, 0.4) is 0 Å². The molecule has 8 heteroatoms. The van der Waals surface area contributed by atoms with Gasteiger partial charge < -0.3 is 23.8 Å². The van der Waals surface area contributed by atoms with Gasteiger partial charge >= 0.3 is 17.9 Å². The molecule has 2 unspecified atom stereocenters. The normalized spacial score (nSPS) is 12.9. The Morgan fingerprint density at radius 3 is 1.20 bits per heavy atom. The van der Waals surface area contributed by atoms with Gasteiger partial charge in [-0.3, -0.25) is 9.59 Å². The lowest BCUT2D eigenvalue weighted by molar-refractivity contribution is -0.887. The zero-order chi connectivity index (χ0) is 44.9. The Kier molecular flexibility index (Phi) is 43.3. The number of unbranched alkanes of at least 4 members (excludes halogenated alkanes) is 32. The second-order valence-corrected chi connectivity index (χ2v) is 19.1. The van der Waals surface area contributed by atoms with Crippen molar-refractivity contribution in [1.29, 1.82) is 0 Å². The van der Waals surface area contributed by atoms with Crippen molar-refractivity contribution in [2.24, 2.45) is 0 Å². The zero-order valence-electron chi connectivity index (χ0n) is 41.1. The molecule has 0 aliphatic carbocycles. The summed E-state index contributed by atoms with van der Waals surface area (Å²) in [5.41, 5.74) is 0. The standard InChI is InChI=1S/C53H101NO7/c1-6-8-10-12-14-16-18-20-22-23-24-25-26-27-28-30-32-34-36-38-40-42-44-52(56)61-49(47-59-46-45-50(53(57)58)54(3,4)5)48-60-51(55)43-41-39-37-35-33-31-29-21-19-17-15-13-11-9-7-2/h17,19,49-50H,6-16,18,20-48H2,1-5H3/p+1/b19-17+. The number of carbonyl (C=O) groups is 3. The summed E-state index contributed by atoms with van der Waals surface area (Å²) in [5.74, 6) is -1.45. The number of ether oxygens (including phenoxy) is 3. The minimum absolute atomic E-state index is 0.0468. The van der Waals surface area contributed by atoms with Crippen molar-refractivity contribution in [1.82, 2.24) is 0 Å². The molecule has 0 saturated heterocycles. The first-order valence-corrected chi connectivity index (χ1v) is 26.2. The third-order valence-corrected chi connectivity index (χ3v) is 12.2. The van der Waals surface area contributed by atoms with Gasteiger partial charge in [-0.05, 0) is 38.5 Å². The van der Waals surface area contributed by atoms with Crippen LogP contribution >= 0.6 is 0 Å².